The van der Waals surface area contributed by atoms with Gasteiger partial charge in [-0.1, -0.05) is 46.1 Å². The summed E-state index contributed by atoms with van der Waals surface area (Å²) >= 11 is 0. The fraction of sp³-hybridized carbons (Fsp3) is 0.696. The molecule has 0 heterocycles. The lowest BCUT2D eigenvalue weighted by atomic mass is 9.88. The lowest BCUT2D eigenvalue weighted by molar-refractivity contribution is -0.143. The molecule has 0 aromatic heterocycles. The topological polar surface area (TPSA) is 57.5 Å². The average molecular weight is 361 g/mol. The number of phenols is 1. The second-order valence-corrected chi connectivity index (χ2v) is 9.37. The minimum Gasteiger partial charge on any atom is -0.508 e. The zero-order chi connectivity index (χ0) is 19.2. The quantitative estimate of drug-likeness (QED) is 0.467. The number of hydrogen-bond donors (Lipinski definition) is 2. The molecule has 2 N–H and O–H groups in total. The molecule has 0 saturated heterocycles. The molecule has 146 valence electrons. The summed E-state index contributed by atoms with van der Waals surface area (Å²) in [7, 11) is 0. The van der Waals surface area contributed by atoms with Crippen LogP contribution in [0.15, 0.2) is 18.2 Å². The standard InChI is InChI=1S/C23H36O3/c1-22(2,3)13-8-6-10-19-17-20(24)12-11-18(19)9-5-4-7-14-23(15-16-23)21(25)26/h11-12,17,24H,4-10,13-16H2,1-3H3,(H,25,26). The first-order valence-corrected chi connectivity index (χ1v) is 10.3. The van der Waals surface area contributed by atoms with Crippen molar-refractivity contribution in [3.05, 3.63) is 29.3 Å². The van der Waals surface area contributed by atoms with Gasteiger partial charge in [0.15, 0.2) is 0 Å². The number of benzene rings is 1. The maximum Gasteiger partial charge on any atom is 0.309 e. The molecule has 0 aliphatic heterocycles. The van der Waals surface area contributed by atoms with Gasteiger partial charge >= 0.3 is 5.97 Å². The van der Waals surface area contributed by atoms with E-state index in [1.54, 1.807) is 6.07 Å². The summed E-state index contributed by atoms with van der Waals surface area (Å²) in [5.74, 6) is -0.245. The van der Waals surface area contributed by atoms with Crippen molar-refractivity contribution in [2.24, 2.45) is 10.8 Å². The monoisotopic (exact) mass is 360 g/mol. The highest BCUT2D eigenvalue weighted by molar-refractivity contribution is 5.77. The third kappa shape index (κ3) is 6.66. The van der Waals surface area contributed by atoms with Gasteiger partial charge in [-0.3, -0.25) is 4.79 Å². The van der Waals surface area contributed by atoms with Crippen LogP contribution < -0.4 is 0 Å². The molecule has 1 fully saturated rings. The Morgan fingerprint density at radius 2 is 1.65 bits per heavy atom. The highest BCUT2D eigenvalue weighted by atomic mass is 16.4. The predicted molar refractivity (Wildman–Crippen MR) is 107 cm³/mol. The highest BCUT2D eigenvalue weighted by Crippen LogP contribution is 2.50. The van der Waals surface area contributed by atoms with Crippen molar-refractivity contribution < 1.29 is 15.0 Å². The molecule has 0 atom stereocenters. The van der Waals surface area contributed by atoms with E-state index in [2.05, 4.69) is 26.8 Å². The Kier molecular flexibility index (Phi) is 7.14. The Bertz CT molecular complexity index is 594. The molecule has 1 aromatic rings. The van der Waals surface area contributed by atoms with Gasteiger partial charge in [0, 0.05) is 0 Å². The molecule has 0 amide bonds. The van der Waals surface area contributed by atoms with Crippen molar-refractivity contribution >= 4 is 5.97 Å². The fourth-order valence-corrected chi connectivity index (χ4v) is 3.74. The number of carboxylic acids is 1. The number of carbonyl (C=O) groups is 1. The number of unbranched alkanes of at least 4 members (excludes halogenated alkanes) is 3. The average Bonchev–Trinajstić information content (AvgIpc) is 3.33. The third-order valence-electron chi connectivity index (χ3n) is 5.72. The van der Waals surface area contributed by atoms with Crippen molar-refractivity contribution in [3.8, 4) is 5.75 Å². The molecule has 1 aromatic carbocycles. The number of aliphatic carboxylic acids is 1. The zero-order valence-corrected chi connectivity index (χ0v) is 16.8. The van der Waals surface area contributed by atoms with E-state index in [0.717, 1.165) is 57.8 Å². The maximum atomic E-state index is 11.2. The summed E-state index contributed by atoms with van der Waals surface area (Å²) in [5.41, 5.74) is 2.63. The summed E-state index contributed by atoms with van der Waals surface area (Å²) in [6.45, 7) is 6.84. The van der Waals surface area contributed by atoms with Crippen molar-refractivity contribution in [2.45, 2.75) is 91.4 Å². The number of hydrogen-bond acceptors (Lipinski definition) is 2. The van der Waals surface area contributed by atoms with Gasteiger partial charge < -0.3 is 10.2 Å². The first kappa shape index (κ1) is 20.8. The van der Waals surface area contributed by atoms with Crippen LogP contribution in [-0.2, 0) is 17.6 Å². The van der Waals surface area contributed by atoms with Crippen LogP contribution in [0.4, 0.5) is 0 Å². The summed E-state index contributed by atoms with van der Waals surface area (Å²) in [6.07, 6.45) is 11.4. The van der Waals surface area contributed by atoms with Gasteiger partial charge in [-0.05, 0) is 80.0 Å². The van der Waals surface area contributed by atoms with Crippen LogP contribution in [-0.4, -0.2) is 16.2 Å². The normalized spacial score (nSPS) is 15.8. The molecule has 3 heteroatoms. The number of rotatable bonds is 11. The summed E-state index contributed by atoms with van der Waals surface area (Å²) in [6, 6.07) is 5.78. The first-order valence-electron chi connectivity index (χ1n) is 10.3. The Morgan fingerprint density at radius 3 is 2.27 bits per heavy atom. The Labute approximate surface area is 158 Å². The van der Waals surface area contributed by atoms with Crippen molar-refractivity contribution in [2.75, 3.05) is 0 Å². The maximum absolute atomic E-state index is 11.2. The summed E-state index contributed by atoms with van der Waals surface area (Å²) < 4.78 is 0. The van der Waals surface area contributed by atoms with Gasteiger partial charge in [0.25, 0.3) is 0 Å². The molecular formula is C23H36O3. The number of carboxylic acid groups (broad SMARTS) is 1. The van der Waals surface area contributed by atoms with Crippen molar-refractivity contribution in [3.63, 3.8) is 0 Å². The van der Waals surface area contributed by atoms with Crippen LogP contribution in [0.3, 0.4) is 0 Å². The van der Waals surface area contributed by atoms with E-state index in [1.807, 2.05) is 6.07 Å². The second kappa shape index (κ2) is 8.92. The van der Waals surface area contributed by atoms with Crippen LogP contribution in [0.25, 0.3) is 0 Å². The SMILES string of the molecule is CC(C)(C)CCCCc1cc(O)ccc1CCCCCC1(C(=O)O)CC1. The van der Waals surface area contributed by atoms with E-state index in [9.17, 15) is 15.0 Å². The van der Waals surface area contributed by atoms with E-state index in [-0.39, 0.29) is 5.41 Å². The van der Waals surface area contributed by atoms with Crippen molar-refractivity contribution in [1.82, 2.24) is 0 Å². The smallest absolute Gasteiger partial charge is 0.309 e. The minimum absolute atomic E-state index is 0.358. The largest absolute Gasteiger partial charge is 0.508 e. The van der Waals surface area contributed by atoms with Gasteiger partial charge in [0.05, 0.1) is 5.41 Å². The van der Waals surface area contributed by atoms with E-state index in [0.29, 0.717) is 11.2 Å². The van der Waals surface area contributed by atoms with Crippen LogP contribution in [0.5, 0.6) is 5.75 Å². The van der Waals surface area contributed by atoms with E-state index < -0.39 is 5.97 Å². The molecule has 0 radical (unpaired) electrons. The summed E-state index contributed by atoms with van der Waals surface area (Å²) in [5, 5.41) is 19.1. The Balaban J connectivity index is 1.75. The lowest BCUT2D eigenvalue weighted by Gasteiger charge is -2.18. The van der Waals surface area contributed by atoms with Crippen molar-refractivity contribution in [1.29, 1.82) is 0 Å². The first-order chi connectivity index (χ1) is 12.2. The molecule has 1 saturated carbocycles. The van der Waals surface area contributed by atoms with Crippen LogP contribution in [0.1, 0.15) is 89.7 Å². The van der Waals surface area contributed by atoms with E-state index >= 15 is 0 Å². The van der Waals surface area contributed by atoms with E-state index in [1.165, 1.54) is 24.0 Å². The van der Waals surface area contributed by atoms with Crippen LogP contribution in [0.2, 0.25) is 0 Å². The van der Waals surface area contributed by atoms with Gasteiger partial charge in [-0.2, -0.15) is 0 Å². The third-order valence-corrected chi connectivity index (χ3v) is 5.72. The molecule has 2 rings (SSSR count). The molecule has 3 nitrogen and oxygen atoms in total. The molecule has 0 bridgehead atoms. The van der Waals surface area contributed by atoms with Gasteiger partial charge in [0.2, 0.25) is 0 Å². The molecule has 26 heavy (non-hydrogen) atoms. The van der Waals surface area contributed by atoms with Gasteiger partial charge in [0.1, 0.15) is 5.75 Å². The highest BCUT2D eigenvalue weighted by Gasteiger charge is 2.49. The summed E-state index contributed by atoms with van der Waals surface area (Å²) in [4.78, 5) is 11.2. The predicted octanol–water partition coefficient (Wildman–Crippen LogP) is 6.12. The molecule has 1 aliphatic rings. The number of phenolic OH excluding ortho intramolecular Hbond substituents is 1. The van der Waals surface area contributed by atoms with E-state index in [4.69, 9.17) is 0 Å². The van der Waals surface area contributed by atoms with Gasteiger partial charge in [-0.25, -0.2) is 0 Å². The Morgan fingerprint density at radius 1 is 1.00 bits per heavy atom. The molecular weight excluding hydrogens is 324 g/mol. The van der Waals surface area contributed by atoms with Crippen LogP contribution >= 0.6 is 0 Å². The minimum atomic E-state index is -0.603. The number of aromatic hydroxyl groups is 1. The fourth-order valence-electron chi connectivity index (χ4n) is 3.74. The zero-order valence-electron chi connectivity index (χ0n) is 16.8. The number of aryl methyl sites for hydroxylation is 2. The molecule has 0 spiro atoms. The Hall–Kier alpha value is -1.51. The van der Waals surface area contributed by atoms with Crippen LogP contribution in [0, 0.1) is 10.8 Å². The molecule has 0 unspecified atom stereocenters. The lowest BCUT2D eigenvalue weighted by Crippen LogP contribution is -2.14. The second-order valence-electron chi connectivity index (χ2n) is 9.37. The molecule has 1 aliphatic carbocycles. The van der Waals surface area contributed by atoms with Gasteiger partial charge in [-0.15, -0.1) is 0 Å².